The minimum Gasteiger partial charge on any atom is -0.370 e. The van der Waals surface area contributed by atoms with E-state index in [9.17, 15) is 0 Å². The lowest BCUT2D eigenvalue weighted by molar-refractivity contribution is 1.02. The Morgan fingerprint density at radius 3 is 2.65 bits per heavy atom. The highest BCUT2D eigenvalue weighted by Gasteiger charge is 2.08. The van der Waals surface area contributed by atoms with Crippen LogP contribution in [0.3, 0.4) is 0 Å². The summed E-state index contributed by atoms with van der Waals surface area (Å²) in [4.78, 5) is 8.91. The maximum atomic E-state index is 6.19. The minimum atomic E-state index is -0.0829. The number of thiazole rings is 1. The molecule has 0 saturated heterocycles. The average Bonchev–Trinajstić information content (AvgIpc) is 2.83. The smallest absolute Gasteiger partial charge is 0.195 e. The SMILES string of the molecule is NC(=NC1C=CC=CC=C1)Nc1nc(-c2ccccc2Cl)cs1. The van der Waals surface area contributed by atoms with Gasteiger partial charge in [-0.1, -0.05) is 66.3 Å². The molecule has 0 radical (unpaired) electrons. The fraction of sp³-hybridized carbons (Fsp3) is 0.0588. The second-order valence-electron chi connectivity index (χ2n) is 4.80. The minimum absolute atomic E-state index is 0.0829. The summed E-state index contributed by atoms with van der Waals surface area (Å²) in [5, 5.41) is 6.31. The molecule has 1 aromatic heterocycles. The molecule has 0 unspecified atom stereocenters. The fourth-order valence-electron chi connectivity index (χ4n) is 2.06. The van der Waals surface area contributed by atoms with Gasteiger partial charge < -0.3 is 11.1 Å². The van der Waals surface area contributed by atoms with Crippen LogP contribution >= 0.6 is 22.9 Å². The Balaban J connectivity index is 1.73. The highest BCUT2D eigenvalue weighted by Crippen LogP contribution is 2.30. The van der Waals surface area contributed by atoms with Gasteiger partial charge >= 0.3 is 0 Å². The van der Waals surface area contributed by atoms with E-state index < -0.39 is 0 Å². The Morgan fingerprint density at radius 1 is 1.17 bits per heavy atom. The third kappa shape index (κ3) is 4.09. The first-order chi connectivity index (χ1) is 11.2. The van der Waals surface area contributed by atoms with Crippen LogP contribution in [0.25, 0.3) is 11.3 Å². The lowest BCUT2D eigenvalue weighted by Crippen LogP contribution is -2.24. The van der Waals surface area contributed by atoms with Crippen LogP contribution < -0.4 is 11.1 Å². The molecule has 2 aromatic rings. The van der Waals surface area contributed by atoms with Crippen LogP contribution in [0.5, 0.6) is 0 Å². The number of rotatable bonds is 3. The number of halogens is 1. The van der Waals surface area contributed by atoms with Gasteiger partial charge in [-0.25, -0.2) is 9.98 Å². The first-order valence-corrected chi connectivity index (χ1v) is 8.30. The van der Waals surface area contributed by atoms with Gasteiger partial charge in [-0.05, 0) is 6.07 Å². The maximum absolute atomic E-state index is 6.19. The van der Waals surface area contributed by atoms with Crippen LogP contribution in [0.4, 0.5) is 5.13 Å². The molecule has 1 aliphatic rings. The van der Waals surface area contributed by atoms with E-state index in [1.54, 1.807) is 0 Å². The molecule has 0 fully saturated rings. The van der Waals surface area contributed by atoms with E-state index in [-0.39, 0.29) is 6.04 Å². The van der Waals surface area contributed by atoms with Crippen LogP contribution in [-0.4, -0.2) is 17.0 Å². The summed E-state index contributed by atoms with van der Waals surface area (Å²) in [6.45, 7) is 0. The molecule has 0 atom stereocenters. The Kier molecular flexibility index (Phi) is 4.90. The molecule has 6 heteroatoms. The van der Waals surface area contributed by atoms with Gasteiger partial charge in [-0.3, -0.25) is 0 Å². The largest absolute Gasteiger partial charge is 0.370 e. The predicted octanol–water partition coefficient (Wildman–Crippen LogP) is 4.24. The summed E-state index contributed by atoms with van der Waals surface area (Å²) in [7, 11) is 0. The fourth-order valence-corrected chi connectivity index (χ4v) is 3.01. The maximum Gasteiger partial charge on any atom is 0.195 e. The first kappa shape index (κ1) is 15.5. The van der Waals surface area contributed by atoms with Crippen molar-refractivity contribution in [2.75, 3.05) is 5.32 Å². The number of anilines is 1. The molecule has 0 amide bonds. The molecule has 1 heterocycles. The molecule has 0 bridgehead atoms. The van der Waals surface area contributed by atoms with Crippen molar-refractivity contribution in [1.29, 1.82) is 0 Å². The van der Waals surface area contributed by atoms with Crippen LogP contribution in [0.15, 0.2) is 71.1 Å². The van der Waals surface area contributed by atoms with E-state index in [2.05, 4.69) is 15.3 Å². The van der Waals surface area contributed by atoms with Gasteiger partial charge in [0, 0.05) is 16.0 Å². The average molecular weight is 343 g/mol. The van der Waals surface area contributed by atoms with Gasteiger partial charge in [0.2, 0.25) is 0 Å². The standard InChI is InChI=1S/C17H15ClN4S/c18-14-10-6-5-9-13(14)15-11-23-17(21-15)22-16(19)20-12-7-3-1-2-4-8-12/h1-12H,(H3,19,20,21,22). The zero-order valence-electron chi connectivity index (χ0n) is 12.2. The number of nitrogens with one attached hydrogen (secondary N) is 1. The summed E-state index contributed by atoms with van der Waals surface area (Å²) < 4.78 is 0. The molecule has 4 nitrogen and oxygen atoms in total. The number of benzene rings is 1. The molecule has 116 valence electrons. The van der Waals surface area contributed by atoms with E-state index in [4.69, 9.17) is 17.3 Å². The number of aliphatic imine (C=N–C) groups is 1. The number of hydrogen-bond donors (Lipinski definition) is 2. The summed E-state index contributed by atoms with van der Waals surface area (Å²) >= 11 is 7.65. The Bertz CT molecular complexity index is 788. The van der Waals surface area contributed by atoms with Crippen LogP contribution in [-0.2, 0) is 0 Å². The molecular weight excluding hydrogens is 328 g/mol. The summed E-state index contributed by atoms with van der Waals surface area (Å²) in [5.41, 5.74) is 7.67. The molecule has 1 aliphatic carbocycles. The third-order valence-corrected chi connectivity index (χ3v) is 4.21. The lowest BCUT2D eigenvalue weighted by atomic mass is 10.2. The second-order valence-corrected chi connectivity index (χ2v) is 6.07. The highest BCUT2D eigenvalue weighted by atomic mass is 35.5. The van der Waals surface area contributed by atoms with Gasteiger partial charge in [0.1, 0.15) is 0 Å². The molecule has 3 N–H and O–H groups in total. The molecule has 1 aromatic carbocycles. The van der Waals surface area contributed by atoms with Gasteiger partial charge in [0.25, 0.3) is 0 Å². The van der Waals surface area contributed by atoms with Crippen molar-refractivity contribution >= 4 is 34.0 Å². The second kappa shape index (κ2) is 7.26. The number of hydrogen-bond acceptors (Lipinski definition) is 3. The topological polar surface area (TPSA) is 63.3 Å². The highest BCUT2D eigenvalue weighted by molar-refractivity contribution is 7.14. The van der Waals surface area contributed by atoms with E-state index in [0.717, 1.165) is 11.3 Å². The van der Waals surface area contributed by atoms with E-state index in [1.165, 1.54) is 11.3 Å². The number of guanidine groups is 1. The van der Waals surface area contributed by atoms with E-state index in [0.29, 0.717) is 16.1 Å². The summed E-state index contributed by atoms with van der Waals surface area (Å²) in [6.07, 6.45) is 11.7. The number of aromatic nitrogens is 1. The zero-order chi connectivity index (χ0) is 16.1. The third-order valence-electron chi connectivity index (χ3n) is 3.13. The predicted molar refractivity (Wildman–Crippen MR) is 99.0 cm³/mol. The zero-order valence-corrected chi connectivity index (χ0v) is 13.8. The molecule has 3 rings (SSSR count). The first-order valence-electron chi connectivity index (χ1n) is 7.05. The van der Waals surface area contributed by atoms with Crippen molar-refractivity contribution in [3.63, 3.8) is 0 Å². The van der Waals surface area contributed by atoms with Crippen LogP contribution in [0, 0.1) is 0 Å². The number of nitrogens with zero attached hydrogens (tertiary/aromatic N) is 2. The van der Waals surface area contributed by atoms with Gasteiger partial charge in [0.15, 0.2) is 11.1 Å². The van der Waals surface area contributed by atoms with Crippen LogP contribution in [0.2, 0.25) is 5.02 Å². The van der Waals surface area contributed by atoms with Crippen molar-refractivity contribution in [1.82, 2.24) is 4.98 Å². The molecular formula is C17H15ClN4S. The van der Waals surface area contributed by atoms with Gasteiger partial charge in [-0.2, -0.15) is 0 Å². The van der Waals surface area contributed by atoms with Gasteiger partial charge in [-0.15, -0.1) is 11.3 Å². The monoisotopic (exact) mass is 342 g/mol. The van der Waals surface area contributed by atoms with Gasteiger partial charge in [0.05, 0.1) is 11.7 Å². The quantitative estimate of drug-likeness (QED) is 0.647. The van der Waals surface area contributed by atoms with Crippen LogP contribution in [0.1, 0.15) is 0 Å². The summed E-state index contributed by atoms with van der Waals surface area (Å²) in [5.74, 6) is 0.325. The van der Waals surface area contributed by atoms with E-state index >= 15 is 0 Å². The Morgan fingerprint density at radius 2 is 1.91 bits per heavy atom. The van der Waals surface area contributed by atoms with Crippen molar-refractivity contribution in [2.24, 2.45) is 10.7 Å². The Hall–Kier alpha value is -2.37. The normalized spacial score (nSPS) is 14.9. The molecule has 0 aliphatic heterocycles. The van der Waals surface area contributed by atoms with Crippen molar-refractivity contribution in [3.05, 3.63) is 71.1 Å². The Labute approximate surface area is 143 Å². The van der Waals surface area contributed by atoms with Crippen molar-refractivity contribution < 1.29 is 0 Å². The van der Waals surface area contributed by atoms with E-state index in [1.807, 2.05) is 66.1 Å². The number of nitrogens with two attached hydrogens (primary N) is 1. The van der Waals surface area contributed by atoms with Crippen molar-refractivity contribution in [2.45, 2.75) is 6.04 Å². The lowest BCUT2D eigenvalue weighted by Gasteiger charge is -2.05. The van der Waals surface area contributed by atoms with Crippen molar-refractivity contribution in [3.8, 4) is 11.3 Å². The summed E-state index contributed by atoms with van der Waals surface area (Å²) in [6, 6.07) is 7.53. The molecule has 0 saturated carbocycles. The molecule has 23 heavy (non-hydrogen) atoms. The number of allylic oxidation sites excluding steroid dienone is 4. The molecule has 0 spiro atoms.